The predicted octanol–water partition coefficient (Wildman–Crippen LogP) is 1.59. The Balaban J connectivity index is 0.00000114. The zero-order valence-electron chi connectivity index (χ0n) is 18.3. The van der Waals surface area contributed by atoms with Crippen LogP contribution in [0.5, 0.6) is 0 Å². The number of hydrogen-bond acceptors (Lipinski definition) is 0. The molecule has 155 valence electrons. The molecule has 0 aromatic heterocycles. The van der Waals surface area contributed by atoms with Crippen molar-refractivity contribution in [1.29, 1.82) is 0 Å². The molecule has 31 heavy (non-hydrogen) atoms. The second-order valence-corrected chi connectivity index (χ2v) is 8.60. The third-order valence-corrected chi connectivity index (χ3v) is 6.56. The fourth-order valence-corrected chi connectivity index (χ4v) is 5.03. The fraction of sp³-hybridized carbons (Fsp3) is 0.214. The second-order valence-electron chi connectivity index (χ2n) is 8.60. The van der Waals surface area contributed by atoms with E-state index in [0.29, 0.717) is 0 Å². The molecule has 2 aliphatic carbocycles. The van der Waals surface area contributed by atoms with Crippen LogP contribution in [0.25, 0.3) is 22.4 Å². The molecule has 3 heteroatoms. The van der Waals surface area contributed by atoms with E-state index in [2.05, 4.69) is 107 Å². The van der Waals surface area contributed by atoms with E-state index in [0.717, 1.165) is 0 Å². The van der Waals surface area contributed by atoms with E-state index in [4.69, 9.17) is 0 Å². The summed E-state index contributed by atoms with van der Waals surface area (Å²) in [5.74, 6) is 0.274. The Bertz CT molecular complexity index is 1210. The number of fused-ring (bicyclic) bond motifs is 2. The van der Waals surface area contributed by atoms with E-state index in [-0.39, 0.29) is 62.4 Å². The van der Waals surface area contributed by atoms with Gasteiger partial charge in [-0.3, -0.25) is 6.08 Å². The first kappa shape index (κ1) is 25.9. The van der Waals surface area contributed by atoms with Crippen LogP contribution in [0.15, 0.2) is 83.4 Å². The SMILES string of the molecule is CC1=[C-]C(C)(C)C(C)=C1C1C(c2cccc3ccccc23)=Cc2ccccc21.[Cl-].[Cl-].[Zr+3]. The van der Waals surface area contributed by atoms with Crippen molar-refractivity contribution < 1.29 is 51.0 Å². The Morgan fingerprint density at radius 1 is 0.806 bits per heavy atom. The number of rotatable bonds is 2. The number of hydrogen-bond donors (Lipinski definition) is 0. The summed E-state index contributed by atoms with van der Waals surface area (Å²) >= 11 is 0. The van der Waals surface area contributed by atoms with E-state index in [9.17, 15) is 0 Å². The third kappa shape index (κ3) is 4.18. The van der Waals surface area contributed by atoms with Gasteiger partial charge >= 0.3 is 26.2 Å². The molecule has 5 rings (SSSR count). The van der Waals surface area contributed by atoms with Crippen LogP contribution in [-0.4, -0.2) is 0 Å². The van der Waals surface area contributed by atoms with Crippen LogP contribution in [0.2, 0.25) is 0 Å². The van der Waals surface area contributed by atoms with Crippen LogP contribution in [-0.2, 0) is 26.2 Å². The molecule has 0 saturated heterocycles. The van der Waals surface area contributed by atoms with Crippen LogP contribution in [0, 0.1) is 11.5 Å². The molecule has 0 aliphatic heterocycles. The predicted molar refractivity (Wildman–Crippen MR) is 120 cm³/mol. The van der Waals surface area contributed by atoms with Gasteiger partial charge in [0, 0.05) is 0 Å². The first-order valence-corrected chi connectivity index (χ1v) is 10.1. The maximum Gasteiger partial charge on any atom is 3.00 e. The van der Waals surface area contributed by atoms with E-state index >= 15 is 0 Å². The van der Waals surface area contributed by atoms with Gasteiger partial charge in [0.25, 0.3) is 0 Å². The Morgan fingerprint density at radius 2 is 1.45 bits per heavy atom. The van der Waals surface area contributed by atoms with Gasteiger partial charge in [-0.05, 0) is 39.0 Å². The summed E-state index contributed by atoms with van der Waals surface area (Å²) < 4.78 is 0. The van der Waals surface area contributed by atoms with E-state index in [1.807, 2.05) is 0 Å². The minimum atomic E-state index is 0. The number of halogens is 2. The maximum absolute atomic E-state index is 3.73. The van der Waals surface area contributed by atoms with Gasteiger partial charge in [-0.1, -0.05) is 106 Å². The summed E-state index contributed by atoms with van der Waals surface area (Å²) in [6.45, 7) is 9.08. The Hall–Kier alpha value is -1.40. The molecule has 0 N–H and O–H groups in total. The Morgan fingerprint density at radius 3 is 2.16 bits per heavy atom. The van der Waals surface area contributed by atoms with Crippen LogP contribution in [0.4, 0.5) is 0 Å². The van der Waals surface area contributed by atoms with Crippen molar-refractivity contribution in [3.05, 3.63) is 106 Å². The molecule has 3 aromatic rings. The molecular formula is C28H25Cl2Zr. The molecule has 1 atom stereocenters. The van der Waals surface area contributed by atoms with Crippen molar-refractivity contribution in [1.82, 2.24) is 0 Å². The van der Waals surface area contributed by atoms with Crippen molar-refractivity contribution in [2.75, 3.05) is 0 Å². The van der Waals surface area contributed by atoms with Gasteiger partial charge in [0.2, 0.25) is 0 Å². The largest absolute Gasteiger partial charge is 3.00 e. The molecule has 0 spiro atoms. The van der Waals surface area contributed by atoms with E-state index in [1.165, 1.54) is 49.8 Å². The third-order valence-electron chi connectivity index (χ3n) is 6.56. The number of benzene rings is 3. The standard InChI is InChI=1S/C28H25.2ClH.Zr/c1-18-17-28(3,4)19(2)26(18)27-23-14-8-6-11-21(23)16-25(27)24-15-9-12-20-10-5-7-13-22(20)24;;;/h5-16,27H,1-4H3;2*1H;/q-1;;;+3/p-2. The summed E-state index contributed by atoms with van der Waals surface area (Å²) in [5, 5.41) is 2.63. The van der Waals surface area contributed by atoms with E-state index in [1.54, 1.807) is 0 Å². The van der Waals surface area contributed by atoms with Crippen molar-refractivity contribution in [3.8, 4) is 0 Å². The van der Waals surface area contributed by atoms with Crippen LogP contribution in [0.1, 0.15) is 50.3 Å². The molecule has 0 bridgehead atoms. The average molecular weight is 524 g/mol. The summed E-state index contributed by atoms with van der Waals surface area (Å²) in [6, 6.07) is 24.3. The maximum atomic E-state index is 3.73. The van der Waals surface area contributed by atoms with Gasteiger partial charge in [0.15, 0.2) is 0 Å². The Labute approximate surface area is 217 Å². The fourth-order valence-electron chi connectivity index (χ4n) is 5.03. The van der Waals surface area contributed by atoms with Gasteiger partial charge in [-0.25, -0.2) is 5.57 Å². The first-order chi connectivity index (χ1) is 13.5. The van der Waals surface area contributed by atoms with Gasteiger partial charge in [0.1, 0.15) is 0 Å². The van der Waals surface area contributed by atoms with Gasteiger partial charge in [-0.15, -0.1) is 0 Å². The van der Waals surface area contributed by atoms with Gasteiger partial charge < -0.3 is 24.8 Å². The summed E-state index contributed by atoms with van der Waals surface area (Å²) in [4.78, 5) is 0. The first-order valence-electron chi connectivity index (χ1n) is 10.1. The van der Waals surface area contributed by atoms with Crippen molar-refractivity contribution in [2.45, 2.75) is 33.6 Å². The Kier molecular flexibility index (Phi) is 8.02. The van der Waals surface area contributed by atoms with Crippen LogP contribution >= 0.6 is 0 Å². The molecular weight excluding hydrogens is 498 g/mol. The minimum absolute atomic E-state index is 0. The van der Waals surface area contributed by atoms with Crippen LogP contribution in [0.3, 0.4) is 0 Å². The molecule has 1 unspecified atom stereocenters. The topological polar surface area (TPSA) is 0 Å². The monoisotopic (exact) mass is 521 g/mol. The van der Waals surface area contributed by atoms with Gasteiger partial charge in [0.05, 0.1) is 0 Å². The van der Waals surface area contributed by atoms with Crippen LogP contribution < -0.4 is 24.8 Å². The molecule has 0 fully saturated rings. The van der Waals surface area contributed by atoms with Gasteiger partial charge in [-0.2, -0.15) is 11.1 Å². The molecule has 0 nitrogen and oxygen atoms in total. The molecule has 0 amide bonds. The zero-order valence-corrected chi connectivity index (χ0v) is 22.2. The molecule has 0 saturated carbocycles. The summed E-state index contributed by atoms with van der Waals surface area (Å²) in [5.41, 5.74) is 9.71. The second kappa shape index (κ2) is 9.62. The number of allylic oxidation sites excluding steroid dienone is 5. The normalized spacial score (nSPS) is 18.4. The molecule has 2 aliphatic rings. The quantitative estimate of drug-likeness (QED) is 0.448. The summed E-state index contributed by atoms with van der Waals surface area (Å²) in [6.07, 6.45) is 6.13. The smallest absolute Gasteiger partial charge is 1.00 e. The minimum Gasteiger partial charge on any atom is -1.00 e. The van der Waals surface area contributed by atoms with Crippen molar-refractivity contribution in [2.24, 2.45) is 5.41 Å². The molecule has 3 aromatic carbocycles. The average Bonchev–Trinajstić information content (AvgIpc) is 3.15. The molecule has 1 radical (unpaired) electrons. The zero-order chi connectivity index (χ0) is 19.5. The van der Waals surface area contributed by atoms with Crippen molar-refractivity contribution >= 4 is 22.4 Å². The summed E-state index contributed by atoms with van der Waals surface area (Å²) in [7, 11) is 0. The van der Waals surface area contributed by atoms with Crippen molar-refractivity contribution in [3.63, 3.8) is 0 Å². The molecule has 0 heterocycles. The van der Waals surface area contributed by atoms with E-state index < -0.39 is 0 Å².